The predicted octanol–water partition coefficient (Wildman–Crippen LogP) is 3.50. The molecule has 2 heterocycles. The zero-order valence-corrected chi connectivity index (χ0v) is 19.8. The van der Waals surface area contributed by atoms with E-state index in [-0.39, 0.29) is 12.3 Å². The number of nitriles is 1. The van der Waals surface area contributed by atoms with Crippen LogP contribution in [0.4, 0.5) is 5.69 Å². The quantitative estimate of drug-likeness (QED) is 0.524. The van der Waals surface area contributed by atoms with Crippen LogP contribution < -0.4 is 4.90 Å². The summed E-state index contributed by atoms with van der Waals surface area (Å²) in [5, 5.41) is 9.06. The summed E-state index contributed by atoms with van der Waals surface area (Å²) >= 11 is 0. The van der Waals surface area contributed by atoms with Crippen molar-refractivity contribution < 1.29 is 14.4 Å². The van der Waals surface area contributed by atoms with Crippen LogP contribution in [0.2, 0.25) is 0 Å². The summed E-state index contributed by atoms with van der Waals surface area (Å²) in [4.78, 5) is 45.6. The molecule has 5 rings (SSSR count). The van der Waals surface area contributed by atoms with E-state index in [1.54, 1.807) is 41.3 Å². The summed E-state index contributed by atoms with van der Waals surface area (Å²) < 4.78 is 0. The van der Waals surface area contributed by atoms with Gasteiger partial charge in [0.2, 0.25) is 5.91 Å². The zero-order chi connectivity index (χ0) is 25.1. The van der Waals surface area contributed by atoms with Crippen LogP contribution >= 0.6 is 0 Å². The molecule has 0 N–H and O–H groups in total. The molecule has 3 aromatic rings. The Morgan fingerprint density at radius 2 is 1.44 bits per heavy atom. The van der Waals surface area contributed by atoms with Gasteiger partial charge in [0, 0.05) is 38.3 Å². The summed E-state index contributed by atoms with van der Waals surface area (Å²) in [5.74, 6) is -1.05. The van der Waals surface area contributed by atoms with Crippen molar-refractivity contribution in [1.82, 2.24) is 9.80 Å². The summed E-state index contributed by atoms with van der Waals surface area (Å²) in [6.45, 7) is 2.41. The number of nitrogens with zero attached hydrogens (tertiary/aromatic N) is 4. The Kier molecular flexibility index (Phi) is 6.50. The second-order valence-corrected chi connectivity index (χ2v) is 9.06. The zero-order valence-electron chi connectivity index (χ0n) is 19.8. The van der Waals surface area contributed by atoms with Crippen LogP contribution in [-0.4, -0.2) is 59.7 Å². The van der Waals surface area contributed by atoms with E-state index in [1.165, 1.54) is 0 Å². The average molecular weight is 479 g/mol. The highest BCUT2D eigenvalue weighted by Crippen LogP contribution is 2.27. The van der Waals surface area contributed by atoms with E-state index in [1.807, 2.05) is 42.5 Å². The second kappa shape index (κ2) is 10.0. The van der Waals surface area contributed by atoms with E-state index in [4.69, 9.17) is 5.26 Å². The lowest BCUT2D eigenvalue weighted by atomic mass is 10.0. The Hall–Kier alpha value is -4.44. The van der Waals surface area contributed by atoms with Gasteiger partial charge in [0.1, 0.15) is 6.04 Å². The minimum Gasteiger partial charge on any atom is -0.370 e. The smallest absolute Gasteiger partial charge is 0.262 e. The van der Waals surface area contributed by atoms with Crippen molar-refractivity contribution in [3.8, 4) is 6.07 Å². The fourth-order valence-electron chi connectivity index (χ4n) is 4.97. The second-order valence-electron chi connectivity index (χ2n) is 9.06. The number of carbonyl (C=O) groups is 3. The molecule has 0 radical (unpaired) electrons. The monoisotopic (exact) mass is 478 g/mol. The van der Waals surface area contributed by atoms with E-state index in [0.29, 0.717) is 36.3 Å². The molecule has 180 valence electrons. The molecule has 2 aliphatic heterocycles. The van der Waals surface area contributed by atoms with E-state index in [9.17, 15) is 14.4 Å². The summed E-state index contributed by atoms with van der Waals surface area (Å²) in [5.41, 5.74) is 3.19. The highest BCUT2D eigenvalue weighted by molar-refractivity contribution is 6.22. The van der Waals surface area contributed by atoms with Crippen molar-refractivity contribution in [2.45, 2.75) is 18.9 Å². The number of hydrogen-bond donors (Lipinski definition) is 0. The number of benzene rings is 3. The average Bonchev–Trinajstić information content (AvgIpc) is 3.07. The minimum absolute atomic E-state index is 0.213. The van der Waals surface area contributed by atoms with Gasteiger partial charge in [-0.3, -0.25) is 19.3 Å². The van der Waals surface area contributed by atoms with Crippen LogP contribution in [0, 0.1) is 11.3 Å². The van der Waals surface area contributed by atoms with Crippen molar-refractivity contribution in [2.24, 2.45) is 0 Å². The van der Waals surface area contributed by atoms with E-state index in [0.717, 1.165) is 29.1 Å². The van der Waals surface area contributed by atoms with Crippen LogP contribution in [0.3, 0.4) is 0 Å². The lowest BCUT2D eigenvalue weighted by Crippen LogP contribution is -2.52. The number of amides is 3. The number of fused-ring (bicyclic) bond motifs is 1. The van der Waals surface area contributed by atoms with Crippen LogP contribution in [-0.2, 0) is 11.2 Å². The van der Waals surface area contributed by atoms with Crippen molar-refractivity contribution in [3.05, 3.63) is 101 Å². The number of anilines is 1. The fraction of sp³-hybridized carbons (Fsp3) is 0.241. The Labute approximate surface area is 210 Å². The minimum atomic E-state index is -0.915. The highest BCUT2D eigenvalue weighted by Gasteiger charge is 2.44. The first-order valence-electron chi connectivity index (χ1n) is 12.1. The molecule has 0 bridgehead atoms. The molecule has 7 nitrogen and oxygen atoms in total. The molecule has 1 unspecified atom stereocenters. The molecule has 0 aromatic heterocycles. The Morgan fingerprint density at radius 1 is 0.806 bits per heavy atom. The standard InChI is InChI=1S/C29H26N4O3/c30-20-22-11-13-23(14-12-22)31-15-6-16-32(18-17-31)29(36)26(19-21-7-2-1-3-8-21)33-27(34)24-9-4-5-10-25(24)28(33)35/h1-5,7-14,26H,6,15-19H2. The Bertz CT molecular complexity index is 1300. The van der Waals surface area contributed by atoms with Crippen LogP contribution in [0.5, 0.6) is 0 Å². The van der Waals surface area contributed by atoms with Gasteiger partial charge in [-0.25, -0.2) is 0 Å². The Morgan fingerprint density at radius 3 is 2.08 bits per heavy atom. The Balaban J connectivity index is 1.39. The molecule has 1 saturated heterocycles. The van der Waals surface area contributed by atoms with Crippen molar-refractivity contribution in [3.63, 3.8) is 0 Å². The van der Waals surface area contributed by atoms with Crippen molar-refractivity contribution in [1.29, 1.82) is 5.26 Å². The number of carbonyl (C=O) groups excluding carboxylic acids is 3. The molecule has 2 aliphatic rings. The first-order chi connectivity index (χ1) is 17.6. The van der Waals surface area contributed by atoms with Crippen molar-refractivity contribution in [2.75, 3.05) is 31.1 Å². The predicted molar refractivity (Wildman–Crippen MR) is 135 cm³/mol. The van der Waals surface area contributed by atoms with Gasteiger partial charge in [-0.1, -0.05) is 42.5 Å². The van der Waals surface area contributed by atoms with Gasteiger partial charge in [0.15, 0.2) is 0 Å². The molecule has 0 saturated carbocycles. The largest absolute Gasteiger partial charge is 0.370 e. The van der Waals surface area contributed by atoms with Gasteiger partial charge >= 0.3 is 0 Å². The molecule has 1 fully saturated rings. The van der Waals surface area contributed by atoms with Crippen LogP contribution in [0.1, 0.15) is 38.3 Å². The van der Waals surface area contributed by atoms with Crippen molar-refractivity contribution >= 4 is 23.4 Å². The third-order valence-electron chi connectivity index (χ3n) is 6.86. The van der Waals surface area contributed by atoms with E-state index in [2.05, 4.69) is 11.0 Å². The SMILES string of the molecule is N#Cc1ccc(N2CCCN(C(=O)C(Cc3ccccc3)N3C(=O)c4ccccc4C3=O)CC2)cc1. The van der Waals surface area contributed by atoms with Gasteiger partial charge in [0.25, 0.3) is 11.8 Å². The van der Waals surface area contributed by atoms with Gasteiger partial charge in [0.05, 0.1) is 22.8 Å². The first-order valence-corrected chi connectivity index (χ1v) is 12.1. The molecule has 7 heteroatoms. The summed E-state index contributed by atoms with van der Waals surface area (Å²) in [6.07, 6.45) is 1.02. The molecule has 1 atom stereocenters. The molecular weight excluding hydrogens is 452 g/mol. The van der Waals surface area contributed by atoms with Gasteiger partial charge < -0.3 is 9.80 Å². The van der Waals surface area contributed by atoms with E-state index < -0.39 is 17.9 Å². The third-order valence-corrected chi connectivity index (χ3v) is 6.86. The number of imide groups is 1. The third kappa shape index (κ3) is 4.46. The molecule has 36 heavy (non-hydrogen) atoms. The fourth-order valence-corrected chi connectivity index (χ4v) is 4.97. The van der Waals surface area contributed by atoms with Gasteiger partial charge in [-0.05, 0) is 48.4 Å². The lowest BCUT2D eigenvalue weighted by molar-refractivity contribution is -0.135. The van der Waals surface area contributed by atoms with Gasteiger partial charge in [-0.2, -0.15) is 5.26 Å². The summed E-state index contributed by atoms with van der Waals surface area (Å²) in [7, 11) is 0. The van der Waals surface area contributed by atoms with Gasteiger partial charge in [-0.15, -0.1) is 0 Å². The number of hydrogen-bond acceptors (Lipinski definition) is 5. The first kappa shape index (κ1) is 23.3. The molecular formula is C29H26N4O3. The van der Waals surface area contributed by atoms with E-state index >= 15 is 0 Å². The topological polar surface area (TPSA) is 84.7 Å². The molecule has 3 amide bonds. The van der Waals surface area contributed by atoms with Crippen LogP contribution in [0.25, 0.3) is 0 Å². The summed E-state index contributed by atoms with van der Waals surface area (Å²) in [6, 6.07) is 24.9. The lowest BCUT2D eigenvalue weighted by Gasteiger charge is -2.31. The molecule has 0 spiro atoms. The molecule has 3 aromatic carbocycles. The molecule has 0 aliphatic carbocycles. The normalized spacial score (nSPS) is 16.4. The van der Waals surface area contributed by atoms with Crippen LogP contribution in [0.15, 0.2) is 78.9 Å². The maximum absolute atomic E-state index is 13.9. The highest BCUT2D eigenvalue weighted by atomic mass is 16.2. The maximum atomic E-state index is 13.9. The number of rotatable bonds is 5. The maximum Gasteiger partial charge on any atom is 0.262 e.